The minimum absolute atomic E-state index is 0.0525. The van der Waals surface area contributed by atoms with Crippen molar-refractivity contribution in [2.45, 2.75) is 50.2 Å². The first kappa shape index (κ1) is 18.3. The van der Waals surface area contributed by atoms with E-state index >= 15 is 0 Å². The zero-order valence-electron chi connectivity index (χ0n) is 15.7. The Morgan fingerprint density at radius 3 is 2.79 bits per heavy atom. The maximum absolute atomic E-state index is 13.1. The molecule has 146 valence electrons. The second-order valence-electron chi connectivity index (χ2n) is 7.81. The number of nitrogens with zero attached hydrogens (tertiary/aromatic N) is 2. The lowest BCUT2D eigenvalue weighted by atomic mass is 9.82. The number of para-hydroxylation sites is 1. The van der Waals surface area contributed by atoms with Gasteiger partial charge < -0.3 is 14.6 Å². The number of thiophene rings is 1. The van der Waals surface area contributed by atoms with Crippen molar-refractivity contribution in [3.63, 3.8) is 0 Å². The van der Waals surface area contributed by atoms with Gasteiger partial charge >= 0.3 is 0 Å². The first-order chi connectivity index (χ1) is 13.6. The summed E-state index contributed by atoms with van der Waals surface area (Å²) < 4.78 is 6.88. The van der Waals surface area contributed by atoms with E-state index < -0.39 is 0 Å². The fraction of sp³-hybridized carbons (Fsp3) is 0.429. The lowest BCUT2D eigenvalue weighted by Crippen LogP contribution is -2.55. The molecule has 2 unspecified atom stereocenters. The minimum atomic E-state index is -0.0525. The molecule has 2 aliphatic heterocycles. The zero-order chi connectivity index (χ0) is 19.3. The zero-order valence-corrected chi connectivity index (χ0v) is 18.1. The monoisotopic (exact) mass is 459 g/mol. The van der Waals surface area contributed by atoms with Gasteiger partial charge in [0.2, 0.25) is 5.89 Å². The van der Waals surface area contributed by atoms with E-state index in [0.29, 0.717) is 34.6 Å². The molecular formula is C21H22BrN3O2S. The number of fused-ring (bicyclic) bond motifs is 3. The molecule has 2 atom stereocenters. The first-order valence-electron chi connectivity index (χ1n) is 9.76. The molecule has 2 aliphatic rings. The summed E-state index contributed by atoms with van der Waals surface area (Å²) >= 11 is 5.09. The van der Waals surface area contributed by atoms with E-state index in [9.17, 15) is 4.79 Å². The Kier molecular flexibility index (Phi) is 4.77. The molecule has 1 aromatic carbocycles. The average Bonchev–Trinajstić information content (AvgIpc) is 3.27. The highest BCUT2D eigenvalue weighted by molar-refractivity contribution is 9.10. The van der Waals surface area contributed by atoms with Gasteiger partial charge in [0.1, 0.15) is 10.4 Å². The fourth-order valence-electron chi connectivity index (χ4n) is 4.67. The van der Waals surface area contributed by atoms with E-state index in [2.05, 4.69) is 38.2 Å². The van der Waals surface area contributed by atoms with Crippen LogP contribution in [0.3, 0.4) is 0 Å². The number of rotatable bonds is 3. The molecule has 0 spiro atoms. The van der Waals surface area contributed by atoms with Crippen molar-refractivity contribution in [1.29, 1.82) is 0 Å². The Labute approximate surface area is 176 Å². The van der Waals surface area contributed by atoms with E-state index in [0.717, 1.165) is 22.2 Å². The summed E-state index contributed by atoms with van der Waals surface area (Å²) in [6.45, 7) is 0. The normalized spacial score (nSPS) is 25.1. The molecule has 1 N–H and O–H groups in total. The number of carbonyl (C=O) groups excluding carboxylic acids is 1. The average molecular weight is 460 g/mol. The summed E-state index contributed by atoms with van der Waals surface area (Å²) in [4.78, 5) is 21.2. The molecule has 0 aliphatic carbocycles. The maximum Gasteiger partial charge on any atom is 0.253 e. The number of halogens is 1. The number of oxazole rings is 1. The third kappa shape index (κ3) is 3.19. The predicted octanol–water partition coefficient (Wildman–Crippen LogP) is 5.06. The minimum Gasteiger partial charge on any atom is -0.435 e. The van der Waals surface area contributed by atoms with Crippen LogP contribution in [0.2, 0.25) is 0 Å². The molecule has 0 radical (unpaired) electrons. The van der Waals surface area contributed by atoms with Crippen molar-refractivity contribution >= 4 is 44.3 Å². The number of amides is 1. The summed E-state index contributed by atoms with van der Waals surface area (Å²) in [5, 5.41) is 5.26. The Morgan fingerprint density at radius 2 is 2.07 bits per heavy atom. The van der Waals surface area contributed by atoms with Crippen LogP contribution >= 0.6 is 27.3 Å². The van der Waals surface area contributed by atoms with Crippen LogP contribution in [0, 0.1) is 0 Å². The van der Waals surface area contributed by atoms with Gasteiger partial charge in [-0.25, -0.2) is 4.98 Å². The van der Waals surface area contributed by atoms with Crippen LogP contribution in [0.1, 0.15) is 42.5 Å². The van der Waals surface area contributed by atoms with Crippen LogP contribution in [0.5, 0.6) is 0 Å². The summed E-state index contributed by atoms with van der Waals surface area (Å²) in [5.41, 5.74) is 1.86. The van der Waals surface area contributed by atoms with Gasteiger partial charge in [-0.1, -0.05) is 12.5 Å². The molecule has 1 amide bonds. The van der Waals surface area contributed by atoms with Crippen LogP contribution < -0.4 is 5.32 Å². The second kappa shape index (κ2) is 7.28. The van der Waals surface area contributed by atoms with Gasteiger partial charge in [-0.3, -0.25) is 4.79 Å². The van der Waals surface area contributed by atoms with Crippen molar-refractivity contribution < 1.29 is 9.21 Å². The summed E-state index contributed by atoms with van der Waals surface area (Å²) in [6.07, 6.45) is 5.83. The molecule has 2 aromatic heterocycles. The van der Waals surface area contributed by atoms with Gasteiger partial charge in [-0.05, 0) is 72.2 Å². The van der Waals surface area contributed by atoms with Crippen molar-refractivity contribution in [1.82, 2.24) is 15.2 Å². The highest BCUT2D eigenvalue weighted by atomic mass is 79.9. The molecule has 4 heterocycles. The molecule has 2 fully saturated rings. The number of benzene rings is 1. The Balaban J connectivity index is 1.40. The molecule has 0 saturated carbocycles. The standard InChI is InChI=1S/C21H22BrN3O2S/c1-25-13-4-2-5-14(25)11-12(10-13)23-20(26)15-6-3-7-17-18(15)24-21(27-17)19-16(22)8-9-28-19/h3,6-9,12-14H,2,4-5,10-11H2,1H3,(H,23,26). The SMILES string of the molecule is CN1C2CCCC1CC(NC(=O)c1cccc3oc(-c4sccc4Br)nc13)C2. The van der Waals surface area contributed by atoms with E-state index in [4.69, 9.17) is 4.42 Å². The summed E-state index contributed by atoms with van der Waals surface area (Å²) in [6, 6.07) is 8.94. The highest BCUT2D eigenvalue weighted by Gasteiger charge is 2.36. The van der Waals surface area contributed by atoms with Crippen LogP contribution in [0.25, 0.3) is 21.9 Å². The van der Waals surface area contributed by atoms with Gasteiger partial charge in [0.05, 0.1) is 5.56 Å². The molecule has 5 nitrogen and oxygen atoms in total. The predicted molar refractivity (Wildman–Crippen MR) is 115 cm³/mol. The van der Waals surface area contributed by atoms with Crippen molar-refractivity contribution in [3.8, 4) is 10.8 Å². The molecule has 28 heavy (non-hydrogen) atoms. The lowest BCUT2D eigenvalue weighted by molar-refractivity contribution is 0.0463. The van der Waals surface area contributed by atoms with Crippen LogP contribution in [-0.2, 0) is 0 Å². The number of nitrogens with one attached hydrogen (secondary N) is 1. The highest BCUT2D eigenvalue weighted by Crippen LogP contribution is 2.36. The Morgan fingerprint density at radius 1 is 1.29 bits per heavy atom. The number of piperidine rings is 2. The fourth-order valence-corrected chi connectivity index (χ4v) is 6.14. The van der Waals surface area contributed by atoms with Crippen LogP contribution in [-0.4, -0.2) is 41.0 Å². The van der Waals surface area contributed by atoms with Gasteiger partial charge in [0, 0.05) is 22.6 Å². The second-order valence-corrected chi connectivity index (χ2v) is 9.59. The van der Waals surface area contributed by atoms with Crippen molar-refractivity contribution in [2.24, 2.45) is 0 Å². The lowest BCUT2D eigenvalue weighted by Gasteiger charge is -2.47. The van der Waals surface area contributed by atoms with Gasteiger partial charge in [0.25, 0.3) is 5.91 Å². The maximum atomic E-state index is 13.1. The summed E-state index contributed by atoms with van der Waals surface area (Å²) in [7, 11) is 2.23. The van der Waals surface area contributed by atoms with E-state index in [1.54, 1.807) is 11.3 Å². The molecule has 2 bridgehead atoms. The van der Waals surface area contributed by atoms with Crippen molar-refractivity contribution in [3.05, 3.63) is 39.7 Å². The van der Waals surface area contributed by atoms with E-state index in [1.165, 1.54) is 19.3 Å². The number of hydrogen-bond donors (Lipinski definition) is 1. The van der Waals surface area contributed by atoms with Gasteiger partial charge in [0.15, 0.2) is 5.58 Å². The largest absolute Gasteiger partial charge is 0.435 e. The number of aromatic nitrogens is 1. The quantitative estimate of drug-likeness (QED) is 0.594. The smallest absolute Gasteiger partial charge is 0.253 e. The first-order valence-corrected chi connectivity index (χ1v) is 11.4. The molecular weight excluding hydrogens is 438 g/mol. The van der Waals surface area contributed by atoms with Crippen molar-refractivity contribution in [2.75, 3.05) is 7.05 Å². The Hall–Kier alpha value is -1.70. The Bertz CT molecular complexity index is 1020. The third-order valence-electron chi connectivity index (χ3n) is 6.15. The van der Waals surface area contributed by atoms with Gasteiger partial charge in [-0.15, -0.1) is 11.3 Å². The van der Waals surface area contributed by atoms with Crippen LogP contribution in [0.4, 0.5) is 0 Å². The summed E-state index contributed by atoms with van der Waals surface area (Å²) in [5.74, 6) is 0.495. The molecule has 3 aromatic rings. The third-order valence-corrected chi connectivity index (χ3v) is 7.98. The number of carbonyl (C=O) groups is 1. The van der Waals surface area contributed by atoms with E-state index in [1.807, 2.05) is 29.6 Å². The van der Waals surface area contributed by atoms with E-state index in [-0.39, 0.29) is 11.9 Å². The molecule has 7 heteroatoms. The molecule has 5 rings (SSSR count). The van der Waals surface area contributed by atoms with Gasteiger partial charge in [-0.2, -0.15) is 0 Å². The van der Waals surface area contributed by atoms with Crippen LogP contribution in [0.15, 0.2) is 38.5 Å². The molecule has 2 saturated heterocycles. The number of hydrogen-bond acceptors (Lipinski definition) is 5. The topological polar surface area (TPSA) is 58.4 Å².